The number of oxime groups is 1. The van der Waals surface area contributed by atoms with Crippen LogP contribution in [0.25, 0.3) is 0 Å². The quantitative estimate of drug-likeness (QED) is 0.295. The first-order valence-corrected chi connectivity index (χ1v) is 4.71. The third-order valence-corrected chi connectivity index (χ3v) is 1.86. The summed E-state index contributed by atoms with van der Waals surface area (Å²) in [6.45, 7) is 3.50. The summed E-state index contributed by atoms with van der Waals surface area (Å²) in [7, 11) is 0. The zero-order valence-corrected chi connectivity index (χ0v) is 9.10. The average Bonchev–Trinajstić information content (AvgIpc) is 2.64. The van der Waals surface area contributed by atoms with Crippen LogP contribution in [0.3, 0.4) is 0 Å². The summed E-state index contributed by atoms with van der Waals surface area (Å²) in [5.74, 6) is 0.588. The second-order valence-electron chi connectivity index (χ2n) is 3.37. The third-order valence-electron chi connectivity index (χ3n) is 1.86. The summed E-state index contributed by atoms with van der Waals surface area (Å²) in [5, 5.41) is 13.6. The van der Waals surface area contributed by atoms with Crippen LogP contribution >= 0.6 is 0 Å². The molecule has 0 radical (unpaired) electrons. The van der Waals surface area contributed by atoms with Gasteiger partial charge in [0.15, 0.2) is 0 Å². The minimum atomic E-state index is -0.362. The Morgan fingerprint density at radius 3 is 3.00 bits per heavy atom. The van der Waals surface area contributed by atoms with Gasteiger partial charge in [0.25, 0.3) is 0 Å². The molecule has 0 aliphatic rings. The predicted molar refractivity (Wildman–Crippen MR) is 55.8 cm³/mol. The molecule has 1 atom stereocenters. The molecule has 1 heterocycles. The number of amidine groups is 1. The summed E-state index contributed by atoms with van der Waals surface area (Å²) in [5.41, 5.74) is 5.19. The highest BCUT2D eigenvalue weighted by Gasteiger charge is 2.14. The Kier molecular flexibility index (Phi) is 3.87. The average molecular weight is 226 g/mol. The summed E-state index contributed by atoms with van der Waals surface area (Å²) in [6, 6.07) is -0.354. The van der Waals surface area contributed by atoms with Crippen molar-refractivity contribution in [1.82, 2.24) is 10.3 Å². The molecule has 0 bridgehead atoms. The number of nitrogens with zero attached hydrogens (tertiary/aromatic N) is 2. The van der Waals surface area contributed by atoms with Crippen LogP contribution in [0.5, 0.6) is 0 Å². The Bertz CT molecular complexity index is 399. The Labute approximate surface area is 92.3 Å². The van der Waals surface area contributed by atoms with Crippen molar-refractivity contribution in [2.45, 2.75) is 26.3 Å². The molecular weight excluding hydrogens is 212 g/mol. The van der Waals surface area contributed by atoms with Crippen LogP contribution in [0.2, 0.25) is 0 Å². The first kappa shape index (κ1) is 12.0. The fourth-order valence-electron chi connectivity index (χ4n) is 1.13. The molecule has 0 aliphatic heterocycles. The number of hydrogen-bond donors (Lipinski definition) is 3. The summed E-state index contributed by atoms with van der Waals surface area (Å²) in [6.07, 6.45) is 1.40. The minimum Gasteiger partial charge on any atom is -0.444 e. The number of nitrogens with two attached hydrogens (primary N) is 1. The number of amides is 1. The van der Waals surface area contributed by atoms with E-state index < -0.39 is 0 Å². The molecule has 0 aliphatic carbocycles. The molecule has 16 heavy (non-hydrogen) atoms. The van der Waals surface area contributed by atoms with Crippen molar-refractivity contribution in [1.29, 1.82) is 0 Å². The molecule has 0 aromatic carbocycles. The van der Waals surface area contributed by atoms with Crippen LogP contribution in [0.15, 0.2) is 15.8 Å². The molecule has 1 amide bonds. The van der Waals surface area contributed by atoms with Crippen LogP contribution in [0.4, 0.5) is 0 Å². The molecule has 1 unspecified atom stereocenters. The monoisotopic (exact) mass is 226 g/mol. The van der Waals surface area contributed by atoms with Gasteiger partial charge in [0.05, 0.1) is 12.6 Å². The Morgan fingerprint density at radius 1 is 1.81 bits per heavy atom. The highest BCUT2D eigenvalue weighted by molar-refractivity contribution is 5.98. The minimum absolute atomic E-state index is 0.145. The van der Waals surface area contributed by atoms with Gasteiger partial charge in [-0.15, -0.1) is 0 Å². The maximum atomic E-state index is 11.4. The topological polar surface area (TPSA) is 114 Å². The van der Waals surface area contributed by atoms with Crippen molar-refractivity contribution in [2.24, 2.45) is 10.9 Å². The largest absolute Gasteiger partial charge is 0.444 e. The fraction of sp³-hybridized carbons (Fsp3) is 0.444. The molecule has 7 nitrogen and oxygen atoms in total. The van der Waals surface area contributed by atoms with Gasteiger partial charge in [0.2, 0.25) is 11.8 Å². The van der Waals surface area contributed by atoms with Gasteiger partial charge in [-0.2, -0.15) is 0 Å². The number of hydrogen-bond acceptors (Lipinski definition) is 5. The van der Waals surface area contributed by atoms with Crippen molar-refractivity contribution in [3.8, 4) is 0 Å². The SMILES string of the molecule is Cc1cnc(C(C)NC(=O)C/C(N)=N/O)o1. The lowest BCUT2D eigenvalue weighted by atomic mass is 10.3. The molecule has 1 aromatic rings. The van der Waals surface area contributed by atoms with E-state index >= 15 is 0 Å². The summed E-state index contributed by atoms with van der Waals surface area (Å²) >= 11 is 0. The normalized spacial score (nSPS) is 13.5. The number of oxazole rings is 1. The van der Waals surface area contributed by atoms with E-state index in [-0.39, 0.29) is 24.2 Å². The maximum Gasteiger partial charge on any atom is 0.228 e. The van der Waals surface area contributed by atoms with Crippen molar-refractivity contribution >= 4 is 11.7 Å². The highest BCUT2D eigenvalue weighted by Crippen LogP contribution is 2.11. The van der Waals surface area contributed by atoms with Gasteiger partial charge in [-0.3, -0.25) is 4.79 Å². The lowest BCUT2D eigenvalue weighted by Gasteiger charge is -2.09. The number of carbonyl (C=O) groups excluding carboxylic acids is 1. The van der Waals surface area contributed by atoms with E-state index in [2.05, 4.69) is 15.5 Å². The Balaban J connectivity index is 2.51. The molecule has 0 saturated heterocycles. The number of carbonyl (C=O) groups is 1. The van der Waals surface area contributed by atoms with E-state index in [0.717, 1.165) is 0 Å². The van der Waals surface area contributed by atoms with Crippen LogP contribution in [0, 0.1) is 6.92 Å². The molecule has 88 valence electrons. The molecular formula is C9H14N4O3. The van der Waals surface area contributed by atoms with Gasteiger partial charge < -0.3 is 20.7 Å². The number of nitrogens with one attached hydrogen (secondary N) is 1. The third kappa shape index (κ3) is 3.26. The van der Waals surface area contributed by atoms with Gasteiger partial charge in [-0.25, -0.2) is 4.98 Å². The van der Waals surface area contributed by atoms with Crippen LogP contribution in [-0.4, -0.2) is 21.9 Å². The van der Waals surface area contributed by atoms with E-state index in [1.807, 2.05) is 0 Å². The summed E-state index contributed by atoms with van der Waals surface area (Å²) in [4.78, 5) is 15.3. The molecule has 0 fully saturated rings. The van der Waals surface area contributed by atoms with E-state index in [1.165, 1.54) is 0 Å². The lowest BCUT2D eigenvalue weighted by Crippen LogP contribution is -2.30. The first-order chi connectivity index (χ1) is 7.52. The van der Waals surface area contributed by atoms with Crippen LogP contribution in [-0.2, 0) is 4.79 Å². The van der Waals surface area contributed by atoms with Crippen LogP contribution < -0.4 is 11.1 Å². The van der Waals surface area contributed by atoms with E-state index in [1.54, 1.807) is 20.0 Å². The van der Waals surface area contributed by atoms with Gasteiger partial charge in [-0.05, 0) is 13.8 Å². The molecule has 0 saturated carbocycles. The van der Waals surface area contributed by atoms with Crippen molar-refractivity contribution in [2.75, 3.05) is 0 Å². The van der Waals surface area contributed by atoms with E-state index in [4.69, 9.17) is 15.4 Å². The number of rotatable bonds is 4. The van der Waals surface area contributed by atoms with Gasteiger partial charge in [0, 0.05) is 0 Å². The number of aryl methyl sites for hydroxylation is 1. The fourth-order valence-corrected chi connectivity index (χ4v) is 1.13. The van der Waals surface area contributed by atoms with Crippen molar-refractivity contribution in [3.05, 3.63) is 17.8 Å². The summed E-state index contributed by atoms with van der Waals surface area (Å²) < 4.78 is 5.24. The standard InChI is InChI=1S/C9H14N4O3/c1-5-4-11-9(16-5)6(2)12-8(14)3-7(10)13-15/h4,6,15H,3H2,1-2H3,(H2,10,13)(H,12,14). The zero-order chi connectivity index (χ0) is 12.1. The molecule has 1 rings (SSSR count). The van der Waals surface area contributed by atoms with E-state index in [9.17, 15) is 4.79 Å². The Morgan fingerprint density at radius 2 is 2.50 bits per heavy atom. The first-order valence-electron chi connectivity index (χ1n) is 4.71. The number of aromatic nitrogens is 1. The Hall–Kier alpha value is -2.05. The lowest BCUT2D eigenvalue weighted by molar-refractivity contribution is -0.120. The molecule has 0 spiro atoms. The molecule has 4 N–H and O–H groups in total. The maximum absolute atomic E-state index is 11.4. The van der Waals surface area contributed by atoms with Gasteiger partial charge >= 0.3 is 0 Å². The molecule has 7 heteroatoms. The second kappa shape index (κ2) is 5.15. The van der Waals surface area contributed by atoms with Gasteiger partial charge in [-0.1, -0.05) is 5.16 Å². The van der Waals surface area contributed by atoms with E-state index in [0.29, 0.717) is 11.7 Å². The zero-order valence-electron chi connectivity index (χ0n) is 9.10. The second-order valence-corrected chi connectivity index (χ2v) is 3.37. The van der Waals surface area contributed by atoms with Gasteiger partial charge in [0.1, 0.15) is 17.6 Å². The van der Waals surface area contributed by atoms with Crippen LogP contribution in [0.1, 0.15) is 31.0 Å². The smallest absolute Gasteiger partial charge is 0.228 e. The van der Waals surface area contributed by atoms with Crippen molar-refractivity contribution in [3.63, 3.8) is 0 Å². The predicted octanol–water partition coefficient (Wildman–Crippen LogP) is 0.297. The van der Waals surface area contributed by atoms with Crippen molar-refractivity contribution < 1.29 is 14.4 Å². The highest BCUT2D eigenvalue weighted by atomic mass is 16.4. The molecule has 1 aromatic heterocycles.